The third-order valence-electron chi connectivity index (χ3n) is 4.19. The van der Waals surface area contributed by atoms with E-state index in [1.165, 1.54) is 6.33 Å². The lowest BCUT2D eigenvalue weighted by Crippen LogP contribution is -2.28. The quantitative estimate of drug-likeness (QED) is 0.771. The van der Waals surface area contributed by atoms with Crippen molar-refractivity contribution in [3.63, 3.8) is 0 Å². The van der Waals surface area contributed by atoms with Crippen LogP contribution >= 0.6 is 0 Å². The minimum absolute atomic E-state index is 0.232. The molecule has 24 heavy (non-hydrogen) atoms. The largest absolute Gasteiger partial charge is 0.382 e. The average Bonchev–Trinajstić information content (AvgIpc) is 3.17. The van der Waals surface area contributed by atoms with Crippen molar-refractivity contribution in [1.82, 2.24) is 19.5 Å². The fraction of sp³-hybridized carbons (Fsp3) is 0.533. The number of anilines is 1. The molecule has 4 heterocycles. The third-order valence-corrected chi connectivity index (χ3v) is 4.19. The Morgan fingerprint density at radius 3 is 2.83 bits per heavy atom. The number of imidazole rings is 1. The summed E-state index contributed by atoms with van der Waals surface area (Å²) >= 11 is 0. The Balaban J connectivity index is 1.74. The minimum atomic E-state index is -0.684. The first kappa shape index (κ1) is 15.5. The van der Waals surface area contributed by atoms with Crippen LogP contribution in [0.5, 0.6) is 0 Å². The van der Waals surface area contributed by atoms with Crippen LogP contribution in [0.2, 0.25) is 0 Å². The number of nitrogens with zero attached hydrogens (tertiary/aromatic N) is 4. The number of fused-ring (bicyclic) bond motifs is 2. The highest BCUT2D eigenvalue weighted by Crippen LogP contribution is 2.44. The van der Waals surface area contributed by atoms with Gasteiger partial charge in [-0.25, -0.2) is 15.0 Å². The SMILES string of the molecule is CC1(C)O[C@H]2[C@H](O1)[C@@H](C=CCN)O[C@H]2n1cnc2c(N)ncnc21. The summed E-state index contributed by atoms with van der Waals surface area (Å²) in [4.78, 5) is 12.5. The average molecular weight is 332 g/mol. The van der Waals surface area contributed by atoms with Crippen molar-refractivity contribution in [3.05, 3.63) is 24.8 Å². The molecular weight excluding hydrogens is 312 g/mol. The van der Waals surface area contributed by atoms with Gasteiger partial charge in [0.25, 0.3) is 0 Å². The summed E-state index contributed by atoms with van der Waals surface area (Å²) in [5.74, 6) is -0.354. The highest BCUT2D eigenvalue weighted by molar-refractivity contribution is 5.81. The van der Waals surface area contributed by atoms with E-state index in [0.717, 1.165) is 0 Å². The Labute approximate surface area is 138 Å². The summed E-state index contributed by atoms with van der Waals surface area (Å²) in [6, 6.07) is 0. The molecule has 9 nitrogen and oxygen atoms in total. The number of nitrogens with two attached hydrogens (primary N) is 2. The first-order valence-electron chi connectivity index (χ1n) is 7.81. The molecule has 4 atom stereocenters. The third kappa shape index (κ3) is 2.37. The predicted molar refractivity (Wildman–Crippen MR) is 85.7 cm³/mol. The van der Waals surface area contributed by atoms with Gasteiger partial charge in [0, 0.05) is 6.54 Å². The number of rotatable bonds is 3. The molecule has 0 spiro atoms. The second-order valence-corrected chi connectivity index (χ2v) is 6.30. The second kappa shape index (κ2) is 5.49. The van der Waals surface area contributed by atoms with Crippen LogP contribution in [0.1, 0.15) is 20.1 Å². The molecule has 2 fully saturated rings. The van der Waals surface area contributed by atoms with Gasteiger partial charge in [0.15, 0.2) is 23.5 Å². The molecule has 0 unspecified atom stereocenters. The van der Waals surface area contributed by atoms with Crippen molar-refractivity contribution in [2.24, 2.45) is 5.73 Å². The summed E-state index contributed by atoms with van der Waals surface area (Å²) in [5, 5.41) is 0. The monoisotopic (exact) mass is 332 g/mol. The predicted octanol–water partition coefficient (Wildman–Crippen LogP) is 0.341. The molecule has 9 heteroatoms. The molecular formula is C15H20N6O3. The number of ether oxygens (including phenoxy) is 3. The molecule has 128 valence electrons. The maximum absolute atomic E-state index is 6.15. The molecule has 0 saturated carbocycles. The smallest absolute Gasteiger partial charge is 0.167 e. The van der Waals surface area contributed by atoms with E-state index in [1.54, 1.807) is 6.33 Å². The van der Waals surface area contributed by atoms with E-state index in [0.29, 0.717) is 23.5 Å². The summed E-state index contributed by atoms with van der Waals surface area (Å²) in [5.41, 5.74) is 12.6. The highest BCUT2D eigenvalue weighted by Gasteiger charge is 2.55. The lowest BCUT2D eigenvalue weighted by molar-refractivity contribution is -0.191. The summed E-state index contributed by atoms with van der Waals surface area (Å²) < 4.78 is 20.0. The first-order valence-corrected chi connectivity index (χ1v) is 7.81. The van der Waals surface area contributed by atoms with Crippen LogP contribution in [0.25, 0.3) is 11.2 Å². The van der Waals surface area contributed by atoms with Gasteiger partial charge in [-0.1, -0.05) is 12.2 Å². The molecule has 2 aliphatic heterocycles. The molecule has 2 aromatic heterocycles. The lowest BCUT2D eigenvalue weighted by Gasteiger charge is -2.24. The molecule has 0 bridgehead atoms. The maximum Gasteiger partial charge on any atom is 0.167 e. The van der Waals surface area contributed by atoms with Crippen molar-refractivity contribution >= 4 is 17.0 Å². The van der Waals surface area contributed by atoms with Gasteiger partial charge >= 0.3 is 0 Å². The van der Waals surface area contributed by atoms with Crippen LogP contribution in [0.15, 0.2) is 24.8 Å². The first-order chi connectivity index (χ1) is 11.5. The molecule has 0 aliphatic carbocycles. The molecule has 4 rings (SSSR count). The number of nitrogen functional groups attached to an aromatic ring is 1. The van der Waals surface area contributed by atoms with Gasteiger partial charge in [0.2, 0.25) is 0 Å². The Bertz CT molecular complexity index is 789. The fourth-order valence-corrected chi connectivity index (χ4v) is 3.26. The van der Waals surface area contributed by atoms with Crippen molar-refractivity contribution in [1.29, 1.82) is 0 Å². The zero-order valence-electron chi connectivity index (χ0n) is 13.5. The Morgan fingerprint density at radius 1 is 1.25 bits per heavy atom. The van der Waals surface area contributed by atoms with E-state index in [4.69, 9.17) is 25.7 Å². The van der Waals surface area contributed by atoms with E-state index < -0.39 is 12.0 Å². The summed E-state index contributed by atoms with van der Waals surface area (Å²) in [6.45, 7) is 4.21. The Kier molecular flexibility index (Phi) is 3.53. The van der Waals surface area contributed by atoms with Gasteiger partial charge in [-0.3, -0.25) is 4.57 Å². The maximum atomic E-state index is 6.15. The summed E-state index contributed by atoms with van der Waals surface area (Å²) in [6.07, 6.45) is 5.59. The van der Waals surface area contributed by atoms with E-state index in [9.17, 15) is 0 Å². The Hall–Kier alpha value is -2.07. The van der Waals surface area contributed by atoms with Crippen LogP contribution in [-0.4, -0.2) is 50.2 Å². The fourth-order valence-electron chi connectivity index (χ4n) is 3.26. The topological polar surface area (TPSA) is 123 Å². The Morgan fingerprint density at radius 2 is 2.04 bits per heavy atom. The van der Waals surface area contributed by atoms with Gasteiger partial charge in [-0.05, 0) is 13.8 Å². The van der Waals surface area contributed by atoms with E-state index in [2.05, 4.69) is 15.0 Å². The number of aromatic nitrogens is 4. The van der Waals surface area contributed by atoms with Crippen LogP contribution in [0, 0.1) is 0 Å². The van der Waals surface area contributed by atoms with Crippen molar-refractivity contribution in [2.45, 2.75) is 44.2 Å². The van der Waals surface area contributed by atoms with Crippen LogP contribution < -0.4 is 11.5 Å². The molecule has 0 amide bonds. The second-order valence-electron chi connectivity index (χ2n) is 6.30. The van der Waals surface area contributed by atoms with Crippen molar-refractivity contribution in [2.75, 3.05) is 12.3 Å². The van der Waals surface area contributed by atoms with Gasteiger partial charge in [0.1, 0.15) is 30.2 Å². The van der Waals surface area contributed by atoms with Gasteiger partial charge in [-0.2, -0.15) is 0 Å². The van der Waals surface area contributed by atoms with E-state index in [1.807, 2.05) is 30.6 Å². The minimum Gasteiger partial charge on any atom is -0.382 e. The number of hydrogen-bond donors (Lipinski definition) is 2. The molecule has 2 saturated heterocycles. The molecule has 0 aromatic carbocycles. The van der Waals surface area contributed by atoms with Crippen LogP contribution in [-0.2, 0) is 14.2 Å². The van der Waals surface area contributed by atoms with Crippen LogP contribution in [0.3, 0.4) is 0 Å². The summed E-state index contributed by atoms with van der Waals surface area (Å²) in [7, 11) is 0. The zero-order chi connectivity index (χ0) is 16.9. The van der Waals surface area contributed by atoms with E-state index >= 15 is 0 Å². The standard InChI is InChI=1S/C15H20N6O3/c1-15(2)23-10-8(4-3-5-16)22-14(11(10)24-15)21-7-20-9-12(17)18-6-19-13(9)21/h3-4,6-8,10-11,14H,5,16H2,1-2H3,(H2,17,18,19)/t8-,10-,11+,14-/m1/s1. The van der Waals surface area contributed by atoms with Crippen molar-refractivity contribution < 1.29 is 14.2 Å². The van der Waals surface area contributed by atoms with E-state index in [-0.39, 0.29) is 18.3 Å². The highest BCUT2D eigenvalue weighted by atomic mass is 16.8. The van der Waals surface area contributed by atoms with Crippen molar-refractivity contribution in [3.8, 4) is 0 Å². The molecule has 0 radical (unpaired) electrons. The molecule has 4 N–H and O–H groups in total. The zero-order valence-corrected chi connectivity index (χ0v) is 13.5. The van der Waals surface area contributed by atoms with Gasteiger partial charge < -0.3 is 25.7 Å². The molecule has 2 aromatic rings. The lowest BCUT2D eigenvalue weighted by atomic mass is 10.1. The van der Waals surface area contributed by atoms with Gasteiger partial charge in [-0.15, -0.1) is 0 Å². The van der Waals surface area contributed by atoms with Gasteiger partial charge in [0.05, 0.1) is 6.33 Å². The normalized spacial score (nSPS) is 32.0. The molecule has 2 aliphatic rings. The van der Waals surface area contributed by atoms with Crippen LogP contribution in [0.4, 0.5) is 5.82 Å². The number of hydrogen-bond acceptors (Lipinski definition) is 8.